The van der Waals surface area contributed by atoms with Gasteiger partial charge in [0.25, 0.3) is 0 Å². The van der Waals surface area contributed by atoms with Gasteiger partial charge in [-0.25, -0.2) is 0 Å². The van der Waals surface area contributed by atoms with Gasteiger partial charge in [-0.05, 0) is 173 Å². The highest BCUT2D eigenvalue weighted by molar-refractivity contribution is 6.27. The molecule has 0 atom stereocenters. The third-order valence-corrected chi connectivity index (χ3v) is 15.4. The Morgan fingerprint density at radius 2 is 0.729 bits per heavy atom. The second-order valence-electron chi connectivity index (χ2n) is 19.2. The largest absolute Gasteiger partial charge is 0.256 e. The molecule has 70 heavy (non-hydrogen) atoms. The Labute approximate surface area is 404 Å². The smallest absolute Gasteiger partial charge is 0.0714 e. The molecular formula is C69H43N. The van der Waals surface area contributed by atoms with Crippen molar-refractivity contribution in [2.45, 2.75) is 12.8 Å². The fourth-order valence-electron chi connectivity index (χ4n) is 12.3. The summed E-state index contributed by atoms with van der Waals surface area (Å²) in [5.74, 6) is 0. The molecule has 14 aromatic rings. The normalized spacial score (nSPS) is 12.7. The van der Waals surface area contributed by atoms with Crippen molar-refractivity contribution >= 4 is 98.3 Å². The van der Waals surface area contributed by atoms with E-state index in [1.54, 1.807) is 0 Å². The summed E-state index contributed by atoms with van der Waals surface area (Å²) in [6, 6.07) is 81.4. The minimum absolute atomic E-state index is 0.993. The molecule has 1 aromatic heterocycles. The van der Waals surface area contributed by atoms with Crippen LogP contribution in [0.5, 0.6) is 0 Å². The zero-order valence-corrected chi connectivity index (χ0v) is 38.4. The average Bonchev–Trinajstić information content (AvgIpc) is 3.43. The third kappa shape index (κ3) is 5.88. The van der Waals surface area contributed by atoms with E-state index in [0.29, 0.717) is 0 Å². The lowest BCUT2D eigenvalue weighted by Crippen LogP contribution is -2.31. The van der Waals surface area contributed by atoms with Gasteiger partial charge >= 0.3 is 0 Å². The summed E-state index contributed by atoms with van der Waals surface area (Å²) in [5, 5.41) is 22.9. The average molecular weight is 886 g/mol. The standard InChI is InChI=1S/C69H43N/c1-3-14-47-38-50(28-24-42(47)12-1)65-53-18-5-6-19-54(53)66(51-29-25-43-13-2-4-15-48(43)39-51)62-40-49(32-36-61(62)65)52-33-37-63(70-41-52)69-57-22-9-7-20-55(57)68(56-21-8-10-23-58(56)69)60-35-31-46-27-26-44-16-11-17-45-30-34-59(60)67(46)64(44)45/h1-7,9,11-41H,8,10H2. The van der Waals surface area contributed by atoms with Crippen molar-refractivity contribution in [2.24, 2.45) is 0 Å². The van der Waals surface area contributed by atoms with Crippen molar-refractivity contribution in [3.63, 3.8) is 0 Å². The molecule has 0 aliphatic heterocycles. The summed E-state index contributed by atoms with van der Waals surface area (Å²) >= 11 is 0. The van der Waals surface area contributed by atoms with E-state index in [0.717, 1.165) is 29.7 Å². The van der Waals surface area contributed by atoms with Crippen LogP contribution in [0.4, 0.5) is 0 Å². The first kappa shape index (κ1) is 39.1. The first-order chi connectivity index (χ1) is 34.7. The summed E-state index contributed by atoms with van der Waals surface area (Å²) < 4.78 is 0. The van der Waals surface area contributed by atoms with E-state index >= 15 is 0 Å². The molecule has 0 spiro atoms. The fourth-order valence-corrected chi connectivity index (χ4v) is 12.3. The molecular weight excluding hydrogens is 843 g/mol. The van der Waals surface area contributed by atoms with Gasteiger partial charge in [-0.15, -0.1) is 0 Å². The van der Waals surface area contributed by atoms with E-state index in [9.17, 15) is 0 Å². The highest BCUT2D eigenvalue weighted by Gasteiger charge is 2.22. The number of benzene rings is 13. The SMILES string of the molecule is C1=c2c(-c3ccc(-c4ccc5c(-c6ccc7ccccc7c6)c6ccccc6c(-c6ccc7ccccc7c6)c5c4)cn3)c3ccccc3c(-c3ccc4ccc5cccc6ccc3c4c56)c2=CCC1. The Hall–Kier alpha value is -8.91. The maximum atomic E-state index is 5.40. The van der Waals surface area contributed by atoms with Crippen LogP contribution < -0.4 is 10.4 Å². The van der Waals surface area contributed by atoms with E-state index in [2.05, 4.69) is 237 Å². The molecule has 1 aliphatic rings. The lowest BCUT2D eigenvalue weighted by atomic mass is 9.84. The summed E-state index contributed by atoms with van der Waals surface area (Å²) in [4.78, 5) is 5.40. The van der Waals surface area contributed by atoms with Crippen molar-refractivity contribution < 1.29 is 0 Å². The molecule has 1 nitrogen and oxygen atoms in total. The number of pyridine rings is 1. The highest BCUT2D eigenvalue weighted by atomic mass is 14.7. The molecule has 1 aliphatic carbocycles. The monoisotopic (exact) mass is 885 g/mol. The summed E-state index contributed by atoms with van der Waals surface area (Å²) in [7, 11) is 0. The van der Waals surface area contributed by atoms with Crippen LogP contribution in [0.2, 0.25) is 0 Å². The number of fused-ring (bicyclic) bond motifs is 6. The minimum atomic E-state index is 0.993. The van der Waals surface area contributed by atoms with Crippen LogP contribution in [-0.4, -0.2) is 4.98 Å². The van der Waals surface area contributed by atoms with Gasteiger partial charge in [0, 0.05) is 17.3 Å². The maximum Gasteiger partial charge on any atom is 0.0714 e. The molecule has 1 heterocycles. The van der Waals surface area contributed by atoms with Gasteiger partial charge in [0.2, 0.25) is 0 Å². The van der Waals surface area contributed by atoms with E-state index in [1.807, 2.05) is 0 Å². The molecule has 0 amide bonds. The molecule has 0 radical (unpaired) electrons. The molecule has 0 N–H and O–H groups in total. The maximum absolute atomic E-state index is 5.40. The van der Waals surface area contributed by atoms with Crippen LogP contribution in [0.3, 0.4) is 0 Å². The van der Waals surface area contributed by atoms with Crippen LogP contribution in [0, 0.1) is 0 Å². The van der Waals surface area contributed by atoms with Gasteiger partial charge in [0.05, 0.1) is 5.69 Å². The topological polar surface area (TPSA) is 12.9 Å². The molecule has 1 heteroatoms. The van der Waals surface area contributed by atoms with Crippen molar-refractivity contribution in [1.29, 1.82) is 0 Å². The van der Waals surface area contributed by atoms with Crippen molar-refractivity contribution in [3.05, 3.63) is 235 Å². The number of rotatable bonds is 5. The molecule has 0 unspecified atom stereocenters. The molecule has 324 valence electrons. The van der Waals surface area contributed by atoms with Crippen LogP contribution >= 0.6 is 0 Å². The fraction of sp³-hybridized carbons (Fsp3) is 0.0290. The lowest BCUT2D eigenvalue weighted by Gasteiger charge is -2.20. The number of hydrogen-bond acceptors (Lipinski definition) is 1. The number of hydrogen-bond donors (Lipinski definition) is 0. The first-order valence-corrected chi connectivity index (χ1v) is 24.6. The molecule has 13 aromatic carbocycles. The van der Waals surface area contributed by atoms with Gasteiger partial charge in [-0.3, -0.25) is 4.98 Å². The summed E-state index contributed by atoms with van der Waals surface area (Å²) in [5.41, 5.74) is 12.0. The Morgan fingerprint density at radius 1 is 0.271 bits per heavy atom. The highest BCUT2D eigenvalue weighted by Crippen LogP contribution is 2.46. The molecule has 0 fully saturated rings. The van der Waals surface area contributed by atoms with E-state index < -0.39 is 0 Å². The van der Waals surface area contributed by atoms with E-state index in [4.69, 9.17) is 4.98 Å². The lowest BCUT2D eigenvalue weighted by molar-refractivity contribution is 1.12. The van der Waals surface area contributed by atoms with Gasteiger partial charge in [0.1, 0.15) is 0 Å². The Kier molecular flexibility index (Phi) is 8.55. The quantitative estimate of drug-likeness (QED) is 0.124. The second-order valence-corrected chi connectivity index (χ2v) is 19.2. The van der Waals surface area contributed by atoms with Crippen molar-refractivity contribution in [2.75, 3.05) is 0 Å². The second kappa shape index (κ2) is 15.3. The predicted molar refractivity (Wildman–Crippen MR) is 300 cm³/mol. The number of nitrogens with zero attached hydrogens (tertiary/aromatic N) is 1. The Balaban J connectivity index is 0.922. The summed E-state index contributed by atoms with van der Waals surface area (Å²) in [6.07, 6.45) is 9.05. The van der Waals surface area contributed by atoms with Crippen LogP contribution in [-0.2, 0) is 0 Å². The van der Waals surface area contributed by atoms with Gasteiger partial charge in [-0.2, -0.15) is 0 Å². The minimum Gasteiger partial charge on any atom is -0.256 e. The summed E-state index contributed by atoms with van der Waals surface area (Å²) in [6.45, 7) is 0. The van der Waals surface area contributed by atoms with Crippen LogP contribution in [0.1, 0.15) is 12.8 Å². The van der Waals surface area contributed by atoms with Crippen molar-refractivity contribution in [3.8, 4) is 55.8 Å². The Bertz CT molecular complexity index is 4620. The molecule has 0 saturated carbocycles. The molecule has 15 rings (SSSR count). The molecule has 0 bridgehead atoms. The van der Waals surface area contributed by atoms with E-state index in [1.165, 1.54) is 136 Å². The first-order valence-electron chi connectivity index (χ1n) is 24.6. The van der Waals surface area contributed by atoms with E-state index in [-0.39, 0.29) is 0 Å². The van der Waals surface area contributed by atoms with Crippen molar-refractivity contribution in [1.82, 2.24) is 4.98 Å². The molecule has 0 saturated heterocycles. The van der Waals surface area contributed by atoms with Gasteiger partial charge < -0.3 is 0 Å². The Morgan fingerprint density at radius 3 is 1.37 bits per heavy atom. The predicted octanol–water partition coefficient (Wildman–Crippen LogP) is 17.4. The van der Waals surface area contributed by atoms with Crippen LogP contribution in [0.15, 0.2) is 225 Å². The number of aromatic nitrogens is 1. The third-order valence-electron chi connectivity index (χ3n) is 15.4. The zero-order valence-electron chi connectivity index (χ0n) is 38.4. The van der Waals surface area contributed by atoms with Crippen LogP contribution in [0.25, 0.3) is 154 Å². The van der Waals surface area contributed by atoms with Gasteiger partial charge in [-0.1, -0.05) is 206 Å². The zero-order chi connectivity index (χ0) is 45.9. The van der Waals surface area contributed by atoms with Gasteiger partial charge in [0.15, 0.2) is 0 Å².